The minimum atomic E-state index is -0.658. The zero-order valence-corrected chi connectivity index (χ0v) is 14.3. The first-order chi connectivity index (χ1) is 12.1. The van der Waals surface area contributed by atoms with Crippen molar-refractivity contribution in [1.29, 1.82) is 0 Å². The Morgan fingerprint density at radius 1 is 1.32 bits per heavy atom. The number of nitrogens with zero attached hydrogens (tertiary/aromatic N) is 3. The van der Waals surface area contributed by atoms with E-state index >= 15 is 0 Å². The fourth-order valence-electron chi connectivity index (χ4n) is 2.22. The number of hydrogen-bond acceptors (Lipinski definition) is 4. The van der Waals surface area contributed by atoms with Crippen molar-refractivity contribution >= 4 is 17.5 Å². The molecule has 1 aromatic carbocycles. The van der Waals surface area contributed by atoms with Crippen LogP contribution in [0.1, 0.15) is 12.5 Å². The van der Waals surface area contributed by atoms with Gasteiger partial charge in [0, 0.05) is 25.1 Å². The van der Waals surface area contributed by atoms with Crippen LogP contribution in [0.2, 0.25) is 5.02 Å². The topological polar surface area (TPSA) is 69.0 Å². The van der Waals surface area contributed by atoms with E-state index in [1.54, 1.807) is 54.5 Å². The molecule has 3 rings (SSSR count). The highest BCUT2D eigenvalue weighted by Crippen LogP contribution is 2.24. The third-order valence-electron chi connectivity index (χ3n) is 3.56. The van der Waals surface area contributed by atoms with E-state index in [0.29, 0.717) is 17.3 Å². The molecule has 0 aliphatic carbocycles. The van der Waals surface area contributed by atoms with Crippen LogP contribution in [0.4, 0.5) is 0 Å². The number of nitrogens with one attached hydrogen (secondary N) is 1. The molecule has 0 saturated heterocycles. The maximum absolute atomic E-state index is 12.2. The number of rotatable bonds is 6. The molecule has 1 N–H and O–H groups in total. The lowest BCUT2D eigenvalue weighted by Gasteiger charge is -2.15. The molecule has 0 radical (unpaired) electrons. The summed E-state index contributed by atoms with van der Waals surface area (Å²) in [6.45, 7) is 2.06. The van der Waals surface area contributed by atoms with E-state index in [9.17, 15) is 4.79 Å². The summed E-state index contributed by atoms with van der Waals surface area (Å²) in [5.41, 5.74) is 0.928. The number of ether oxygens (including phenoxy) is 1. The summed E-state index contributed by atoms with van der Waals surface area (Å²) in [5, 5.41) is 3.32. The fraction of sp³-hybridized carbons (Fsp3) is 0.167. The van der Waals surface area contributed by atoms with Crippen LogP contribution < -0.4 is 10.1 Å². The average Bonchev–Trinajstić information content (AvgIpc) is 3.16. The van der Waals surface area contributed by atoms with Crippen molar-refractivity contribution in [3.63, 3.8) is 0 Å². The van der Waals surface area contributed by atoms with Crippen LogP contribution in [0, 0.1) is 0 Å². The monoisotopic (exact) mass is 356 g/mol. The van der Waals surface area contributed by atoms with Gasteiger partial charge in [0.1, 0.15) is 17.9 Å². The molecular weight excluding hydrogens is 340 g/mol. The molecule has 128 valence electrons. The summed E-state index contributed by atoms with van der Waals surface area (Å²) in [7, 11) is 0. The van der Waals surface area contributed by atoms with Crippen molar-refractivity contribution in [3.05, 3.63) is 71.9 Å². The lowest BCUT2D eigenvalue weighted by Crippen LogP contribution is -2.36. The number of carbonyl (C=O) groups is 1. The number of carbonyl (C=O) groups excluding carboxylic acids is 1. The molecule has 0 saturated carbocycles. The van der Waals surface area contributed by atoms with E-state index in [0.717, 1.165) is 11.4 Å². The second kappa shape index (κ2) is 7.81. The Bertz CT molecular complexity index is 852. The quantitative estimate of drug-likeness (QED) is 0.737. The first kappa shape index (κ1) is 17.0. The predicted octanol–water partition coefficient (Wildman–Crippen LogP) is 3.00. The van der Waals surface area contributed by atoms with Gasteiger partial charge in [-0.2, -0.15) is 0 Å². The summed E-state index contributed by atoms with van der Waals surface area (Å²) in [4.78, 5) is 20.5. The molecular formula is C18H17ClN4O2. The van der Waals surface area contributed by atoms with Crippen LogP contribution >= 0.6 is 11.6 Å². The lowest BCUT2D eigenvalue weighted by atomic mass is 10.2. The average molecular weight is 357 g/mol. The van der Waals surface area contributed by atoms with Crippen molar-refractivity contribution in [2.45, 2.75) is 19.6 Å². The van der Waals surface area contributed by atoms with E-state index in [-0.39, 0.29) is 5.91 Å². The number of amides is 1. The van der Waals surface area contributed by atoms with Gasteiger partial charge in [-0.15, -0.1) is 0 Å². The standard InChI is InChI=1S/C18H17ClN4O2/c1-13(25-16-5-3-2-4-15(16)19)18(24)22-11-14-6-7-21-17(10-14)23-9-8-20-12-23/h2-10,12-13H,11H2,1H3,(H,22,24). The van der Waals surface area contributed by atoms with Crippen LogP contribution in [-0.4, -0.2) is 26.5 Å². The molecule has 0 bridgehead atoms. The molecule has 1 atom stereocenters. The summed E-state index contributed by atoms with van der Waals surface area (Å²) in [5.74, 6) is 1.00. The largest absolute Gasteiger partial charge is 0.479 e. The normalized spacial score (nSPS) is 11.8. The Morgan fingerprint density at radius 3 is 2.92 bits per heavy atom. The molecule has 0 fully saturated rings. The van der Waals surface area contributed by atoms with Crippen LogP contribution in [-0.2, 0) is 11.3 Å². The van der Waals surface area contributed by atoms with Gasteiger partial charge in [0.2, 0.25) is 0 Å². The molecule has 6 nitrogen and oxygen atoms in total. The van der Waals surface area contributed by atoms with Gasteiger partial charge in [-0.05, 0) is 36.8 Å². The summed E-state index contributed by atoms with van der Waals surface area (Å²) >= 11 is 6.04. The summed E-state index contributed by atoms with van der Waals surface area (Å²) in [6, 6.07) is 10.8. The summed E-state index contributed by atoms with van der Waals surface area (Å²) < 4.78 is 7.41. The van der Waals surface area contributed by atoms with E-state index in [4.69, 9.17) is 16.3 Å². The van der Waals surface area contributed by atoms with E-state index in [1.165, 1.54) is 0 Å². The van der Waals surface area contributed by atoms with Crippen LogP contribution in [0.3, 0.4) is 0 Å². The van der Waals surface area contributed by atoms with Gasteiger partial charge in [0.05, 0.1) is 5.02 Å². The number of aromatic nitrogens is 3. The second-order valence-electron chi connectivity index (χ2n) is 5.40. The number of pyridine rings is 1. The van der Waals surface area contributed by atoms with Crippen molar-refractivity contribution in [1.82, 2.24) is 19.9 Å². The highest BCUT2D eigenvalue weighted by atomic mass is 35.5. The molecule has 0 aliphatic rings. The van der Waals surface area contributed by atoms with Crippen LogP contribution in [0.5, 0.6) is 5.75 Å². The Morgan fingerprint density at radius 2 is 2.16 bits per heavy atom. The molecule has 0 spiro atoms. The zero-order chi connectivity index (χ0) is 17.6. The first-order valence-corrected chi connectivity index (χ1v) is 8.13. The molecule has 7 heteroatoms. The van der Waals surface area contributed by atoms with Gasteiger partial charge in [-0.3, -0.25) is 9.36 Å². The first-order valence-electron chi connectivity index (χ1n) is 7.75. The Labute approximate surface area is 150 Å². The maximum atomic E-state index is 12.2. The summed E-state index contributed by atoms with van der Waals surface area (Å²) in [6.07, 6.45) is 6.20. The Kier molecular flexibility index (Phi) is 5.30. The van der Waals surface area contributed by atoms with Crippen LogP contribution in [0.15, 0.2) is 61.3 Å². The molecule has 2 aromatic heterocycles. The Balaban J connectivity index is 1.59. The minimum absolute atomic E-state index is 0.221. The smallest absolute Gasteiger partial charge is 0.261 e. The van der Waals surface area contributed by atoms with Crippen molar-refractivity contribution < 1.29 is 9.53 Å². The zero-order valence-electron chi connectivity index (χ0n) is 13.6. The fourth-order valence-corrected chi connectivity index (χ4v) is 2.40. The molecule has 1 unspecified atom stereocenters. The number of halogens is 1. The molecule has 25 heavy (non-hydrogen) atoms. The SMILES string of the molecule is CC(Oc1ccccc1Cl)C(=O)NCc1ccnc(-n2ccnc2)c1. The third-order valence-corrected chi connectivity index (χ3v) is 3.87. The van der Waals surface area contributed by atoms with Crippen LogP contribution in [0.25, 0.3) is 5.82 Å². The number of benzene rings is 1. The minimum Gasteiger partial charge on any atom is -0.479 e. The van der Waals surface area contributed by atoms with Crippen molar-refractivity contribution in [2.24, 2.45) is 0 Å². The van der Waals surface area contributed by atoms with Gasteiger partial charge < -0.3 is 10.1 Å². The van der Waals surface area contributed by atoms with Crippen molar-refractivity contribution in [3.8, 4) is 11.6 Å². The highest BCUT2D eigenvalue weighted by Gasteiger charge is 2.15. The second-order valence-corrected chi connectivity index (χ2v) is 5.81. The van der Waals surface area contributed by atoms with Gasteiger partial charge in [-0.1, -0.05) is 23.7 Å². The van der Waals surface area contributed by atoms with E-state index in [2.05, 4.69) is 15.3 Å². The molecule has 2 heterocycles. The van der Waals surface area contributed by atoms with Gasteiger partial charge >= 0.3 is 0 Å². The molecule has 1 amide bonds. The Hall–Kier alpha value is -2.86. The molecule has 3 aromatic rings. The predicted molar refractivity (Wildman–Crippen MR) is 94.7 cm³/mol. The molecule has 0 aliphatic heterocycles. The third kappa shape index (κ3) is 4.36. The number of imidazole rings is 1. The number of para-hydroxylation sites is 1. The van der Waals surface area contributed by atoms with Gasteiger partial charge in [0.25, 0.3) is 5.91 Å². The lowest BCUT2D eigenvalue weighted by molar-refractivity contribution is -0.127. The number of hydrogen-bond donors (Lipinski definition) is 1. The van der Waals surface area contributed by atoms with Gasteiger partial charge in [-0.25, -0.2) is 9.97 Å². The maximum Gasteiger partial charge on any atom is 0.261 e. The highest BCUT2D eigenvalue weighted by molar-refractivity contribution is 6.32. The van der Waals surface area contributed by atoms with E-state index in [1.807, 2.05) is 18.3 Å². The van der Waals surface area contributed by atoms with Gasteiger partial charge in [0.15, 0.2) is 6.10 Å². The van der Waals surface area contributed by atoms with E-state index < -0.39 is 6.10 Å². The van der Waals surface area contributed by atoms with Crippen molar-refractivity contribution in [2.75, 3.05) is 0 Å².